The van der Waals surface area contributed by atoms with Crippen LogP contribution in [0.2, 0.25) is 0 Å². The minimum Gasteiger partial charge on any atom is -0.383 e. The molecule has 7 heteroatoms. The lowest BCUT2D eigenvalue weighted by Gasteiger charge is -2.32. The number of rotatable bonds is 6. The Labute approximate surface area is 125 Å². The molecule has 0 aromatic carbocycles. The number of ether oxygens (including phenoxy) is 2. The van der Waals surface area contributed by atoms with Crippen LogP contribution in [0.1, 0.15) is 12.8 Å². The number of amides is 2. The molecule has 2 heterocycles. The van der Waals surface area contributed by atoms with E-state index in [9.17, 15) is 9.59 Å². The summed E-state index contributed by atoms with van der Waals surface area (Å²) in [7, 11) is 1.63. The molecule has 2 amide bonds. The number of methoxy groups -OCH3 is 1. The summed E-state index contributed by atoms with van der Waals surface area (Å²) in [5, 5.41) is 3.04. The highest BCUT2D eigenvalue weighted by molar-refractivity contribution is 5.89. The van der Waals surface area contributed by atoms with Gasteiger partial charge in [0.25, 0.3) is 0 Å². The van der Waals surface area contributed by atoms with Crippen LogP contribution in [0.4, 0.5) is 0 Å². The van der Waals surface area contributed by atoms with E-state index in [1.165, 1.54) is 0 Å². The van der Waals surface area contributed by atoms with Gasteiger partial charge in [-0.1, -0.05) is 0 Å². The normalized spacial score (nSPS) is 22.6. The van der Waals surface area contributed by atoms with Gasteiger partial charge in [0.05, 0.1) is 26.4 Å². The Morgan fingerprint density at radius 2 is 2.05 bits per heavy atom. The van der Waals surface area contributed by atoms with E-state index in [0.29, 0.717) is 46.0 Å². The Hall–Kier alpha value is -1.18. The largest absolute Gasteiger partial charge is 0.383 e. The quantitative estimate of drug-likeness (QED) is 0.642. The van der Waals surface area contributed by atoms with Crippen molar-refractivity contribution < 1.29 is 19.1 Å². The Morgan fingerprint density at radius 1 is 1.29 bits per heavy atom. The van der Waals surface area contributed by atoms with E-state index < -0.39 is 0 Å². The van der Waals surface area contributed by atoms with Crippen molar-refractivity contribution in [3.05, 3.63) is 0 Å². The molecule has 0 radical (unpaired) electrons. The summed E-state index contributed by atoms with van der Waals surface area (Å²) in [5.74, 6) is 0.0660. The van der Waals surface area contributed by atoms with Crippen LogP contribution in [0.25, 0.3) is 0 Å². The maximum absolute atomic E-state index is 12.5. The molecule has 0 spiro atoms. The molecule has 1 unspecified atom stereocenters. The molecule has 2 rings (SSSR count). The van der Waals surface area contributed by atoms with Crippen LogP contribution in [-0.4, -0.2) is 87.3 Å². The Kier molecular flexibility index (Phi) is 6.41. The molecule has 2 fully saturated rings. The van der Waals surface area contributed by atoms with Gasteiger partial charge in [-0.3, -0.25) is 9.59 Å². The Balaban J connectivity index is 1.83. The molecule has 1 atom stereocenters. The average molecular weight is 299 g/mol. The van der Waals surface area contributed by atoms with E-state index in [1.807, 2.05) is 4.90 Å². The van der Waals surface area contributed by atoms with E-state index >= 15 is 0 Å². The molecule has 0 saturated carbocycles. The van der Waals surface area contributed by atoms with Crippen LogP contribution in [0, 0.1) is 0 Å². The fourth-order valence-corrected chi connectivity index (χ4v) is 2.79. The number of hydrogen-bond donors (Lipinski definition) is 1. The zero-order valence-electron chi connectivity index (χ0n) is 12.7. The summed E-state index contributed by atoms with van der Waals surface area (Å²) >= 11 is 0. The second-order valence-electron chi connectivity index (χ2n) is 5.35. The van der Waals surface area contributed by atoms with Gasteiger partial charge >= 0.3 is 0 Å². The summed E-state index contributed by atoms with van der Waals surface area (Å²) in [6.45, 7) is 4.58. The Bertz CT molecular complexity index is 358. The lowest BCUT2D eigenvalue weighted by atomic mass is 10.2. The van der Waals surface area contributed by atoms with Crippen molar-refractivity contribution in [1.29, 1.82) is 0 Å². The number of nitrogens with zero attached hydrogens (tertiary/aromatic N) is 2. The standard InChI is InChI=1S/C14H25N3O4/c1-20-8-4-15-11-13(18)17-5-2-3-12(17)14(19)16-6-9-21-10-7-16/h12,15H,2-11H2,1H3. The highest BCUT2D eigenvalue weighted by Crippen LogP contribution is 2.20. The van der Waals surface area contributed by atoms with Crippen molar-refractivity contribution in [2.24, 2.45) is 0 Å². The molecule has 2 aliphatic rings. The first-order chi connectivity index (χ1) is 10.2. The van der Waals surface area contributed by atoms with Crippen LogP contribution in [0.5, 0.6) is 0 Å². The van der Waals surface area contributed by atoms with Crippen molar-refractivity contribution in [2.45, 2.75) is 18.9 Å². The lowest BCUT2D eigenvalue weighted by molar-refractivity contribution is -0.146. The fraction of sp³-hybridized carbons (Fsp3) is 0.857. The number of hydrogen-bond acceptors (Lipinski definition) is 5. The smallest absolute Gasteiger partial charge is 0.245 e. The van der Waals surface area contributed by atoms with Gasteiger partial charge in [0, 0.05) is 33.3 Å². The minimum atomic E-state index is -0.292. The van der Waals surface area contributed by atoms with Gasteiger partial charge in [-0.05, 0) is 12.8 Å². The highest BCUT2D eigenvalue weighted by atomic mass is 16.5. The molecule has 0 aromatic heterocycles. The van der Waals surface area contributed by atoms with Crippen LogP contribution in [0.3, 0.4) is 0 Å². The SMILES string of the molecule is COCCNCC(=O)N1CCCC1C(=O)N1CCOCC1. The number of carbonyl (C=O) groups excluding carboxylic acids is 2. The third kappa shape index (κ3) is 4.39. The third-order valence-electron chi connectivity index (χ3n) is 3.94. The van der Waals surface area contributed by atoms with Crippen molar-refractivity contribution in [1.82, 2.24) is 15.1 Å². The number of likely N-dealkylation sites (tertiary alicyclic amines) is 1. The average Bonchev–Trinajstić information content (AvgIpc) is 3.01. The van der Waals surface area contributed by atoms with E-state index in [0.717, 1.165) is 12.8 Å². The molecular formula is C14H25N3O4. The van der Waals surface area contributed by atoms with Gasteiger partial charge in [0.15, 0.2) is 0 Å². The molecule has 2 aliphatic heterocycles. The highest BCUT2D eigenvalue weighted by Gasteiger charge is 2.36. The number of morpholine rings is 1. The maximum atomic E-state index is 12.5. The summed E-state index contributed by atoms with van der Waals surface area (Å²) in [4.78, 5) is 28.3. The van der Waals surface area contributed by atoms with Gasteiger partial charge in [0.2, 0.25) is 11.8 Å². The predicted molar refractivity (Wildman–Crippen MR) is 76.9 cm³/mol. The van der Waals surface area contributed by atoms with E-state index in [4.69, 9.17) is 9.47 Å². The van der Waals surface area contributed by atoms with Crippen LogP contribution >= 0.6 is 0 Å². The van der Waals surface area contributed by atoms with Crippen molar-refractivity contribution in [3.8, 4) is 0 Å². The van der Waals surface area contributed by atoms with Gasteiger partial charge in [-0.15, -0.1) is 0 Å². The first kappa shape index (κ1) is 16.2. The van der Waals surface area contributed by atoms with Gasteiger partial charge in [0.1, 0.15) is 6.04 Å². The van der Waals surface area contributed by atoms with Crippen LogP contribution < -0.4 is 5.32 Å². The molecule has 0 aromatic rings. The first-order valence-corrected chi connectivity index (χ1v) is 7.59. The topological polar surface area (TPSA) is 71.1 Å². The third-order valence-corrected chi connectivity index (χ3v) is 3.94. The van der Waals surface area contributed by atoms with Crippen LogP contribution in [0.15, 0.2) is 0 Å². The van der Waals surface area contributed by atoms with Crippen molar-refractivity contribution in [2.75, 3.05) is 59.7 Å². The zero-order valence-corrected chi connectivity index (χ0v) is 12.7. The fourth-order valence-electron chi connectivity index (χ4n) is 2.79. The number of nitrogens with one attached hydrogen (secondary N) is 1. The molecule has 1 N–H and O–H groups in total. The molecule has 2 saturated heterocycles. The molecule has 0 aliphatic carbocycles. The second kappa shape index (κ2) is 8.31. The maximum Gasteiger partial charge on any atom is 0.245 e. The summed E-state index contributed by atoms with van der Waals surface area (Å²) in [6.07, 6.45) is 1.66. The molecule has 7 nitrogen and oxygen atoms in total. The Morgan fingerprint density at radius 3 is 2.76 bits per heavy atom. The van der Waals surface area contributed by atoms with Crippen LogP contribution in [-0.2, 0) is 19.1 Å². The summed E-state index contributed by atoms with van der Waals surface area (Å²) < 4.78 is 10.2. The van der Waals surface area contributed by atoms with Crippen molar-refractivity contribution >= 4 is 11.8 Å². The van der Waals surface area contributed by atoms with Gasteiger partial charge < -0.3 is 24.6 Å². The number of carbonyl (C=O) groups is 2. The first-order valence-electron chi connectivity index (χ1n) is 7.59. The monoisotopic (exact) mass is 299 g/mol. The predicted octanol–water partition coefficient (Wildman–Crippen LogP) is -0.928. The van der Waals surface area contributed by atoms with E-state index in [1.54, 1.807) is 12.0 Å². The minimum absolute atomic E-state index is 0.00443. The van der Waals surface area contributed by atoms with Gasteiger partial charge in [-0.25, -0.2) is 0 Å². The molecule has 0 bridgehead atoms. The molecule has 21 heavy (non-hydrogen) atoms. The van der Waals surface area contributed by atoms with Gasteiger partial charge in [-0.2, -0.15) is 0 Å². The van der Waals surface area contributed by atoms with E-state index in [2.05, 4.69) is 5.32 Å². The molecular weight excluding hydrogens is 274 g/mol. The summed E-state index contributed by atoms with van der Waals surface area (Å²) in [6, 6.07) is -0.292. The summed E-state index contributed by atoms with van der Waals surface area (Å²) in [5.41, 5.74) is 0. The lowest BCUT2D eigenvalue weighted by Crippen LogP contribution is -2.52. The van der Waals surface area contributed by atoms with Crippen molar-refractivity contribution in [3.63, 3.8) is 0 Å². The second-order valence-corrected chi connectivity index (χ2v) is 5.35. The van der Waals surface area contributed by atoms with E-state index in [-0.39, 0.29) is 24.4 Å². The molecule has 120 valence electrons. The zero-order chi connectivity index (χ0) is 15.1.